The Morgan fingerprint density at radius 1 is 1.06 bits per heavy atom. The van der Waals surface area contributed by atoms with Crippen LogP contribution in [0.15, 0.2) is 59.7 Å². The zero-order valence-corrected chi connectivity index (χ0v) is 20.2. The quantitative estimate of drug-likeness (QED) is 0.585. The van der Waals surface area contributed by atoms with Crippen molar-refractivity contribution in [1.82, 2.24) is 4.98 Å². The lowest BCUT2D eigenvalue weighted by Crippen LogP contribution is -2.30. The van der Waals surface area contributed by atoms with Crippen molar-refractivity contribution in [3.05, 3.63) is 82.5 Å². The van der Waals surface area contributed by atoms with Gasteiger partial charge in [0.2, 0.25) is 0 Å². The molecule has 3 heterocycles. The lowest BCUT2D eigenvalue weighted by molar-refractivity contribution is 0.102. The molecule has 0 saturated heterocycles. The molecule has 0 bridgehead atoms. The molecule has 1 amide bonds. The summed E-state index contributed by atoms with van der Waals surface area (Å²) < 4.78 is 12.0. The Labute approximate surface area is 200 Å². The van der Waals surface area contributed by atoms with Crippen molar-refractivity contribution >= 4 is 17.4 Å². The van der Waals surface area contributed by atoms with Gasteiger partial charge in [-0.2, -0.15) is 0 Å². The molecule has 1 N–H and O–H groups in total. The molecule has 1 aromatic heterocycles. The summed E-state index contributed by atoms with van der Waals surface area (Å²) in [7, 11) is 1.69. The Kier molecular flexibility index (Phi) is 5.19. The van der Waals surface area contributed by atoms with Gasteiger partial charge in [0.15, 0.2) is 11.5 Å². The van der Waals surface area contributed by atoms with Crippen LogP contribution in [0.3, 0.4) is 0 Å². The van der Waals surface area contributed by atoms with Gasteiger partial charge in [-0.3, -0.25) is 9.79 Å². The van der Waals surface area contributed by atoms with Gasteiger partial charge in [0, 0.05) is 34.9 Å². The topological polar surface area (TPSA) is 72.8 Å². The minimum atomic E-state index is -0.309. The number of carbonyl (C=O) groups excluding carboxylic acids is 1. The van der Waals surface area contributed by atoms with Crippen LogP contribution < -0.4 is 14.8 Å². The van der Waals surface area contributed by atoms with Crippen molar-refractivity contribution in [2.24, 2.45) is 4.99 Å². The van der Waals surface area contributed by atoms with Gasteiger partial charge in [-0.05, 0) is 70.0 Å². The molecular weight excluding hydrogens is 426 g/mol. The summed E-state index contributed by atoms with van der Waals surface area (Å²) in [5.41, 5.74) is 5.39. The number of nitrogens with one attached hydrogen (secondary N) is 1. The first-order valence-electron chi connectivity index (χ1n) is 11.5. The zero-order chi connectivity index (χ0) is 24.1. The van der Waals surface area contributed by atoms with Crippen molar-refractivity contribution < 1.29 is 14.3 Å². The number of aromatic nitrogens is 1. The molecule has 6 nitrogen and oxygen atoms in total. The summed E-state index contributed by atoms with van der Waals surface area (Å²) in [6, 6.07) is 15.1. The molecule has 5 rings (SSSR count). The number of hydrogen-bond acceptors (Lipinski definition) is 5. The second-order valence-corrected chi connectivity index (χ2v) is 10.2. The van der Waals surface area contributed by atoms with Gasteiger partial charge in [-0.25, -0.2) is 4.98 Å². The van der Waals surface area contributed by atoms with E-state index >= 15 is 0 Å². The Balaban J connectivity index is 1.54. The first-order chi connectivity index (χ1) is 16.2. The third-order valence-corrected chi connectivity index (χ3v) is 6.23. The number of amides is 1. The number of anilines is 1. The zero-order valence-electron chi connectivity index (χ0n) is 20.2. The van der Waals surface area contributed by atoms with Crippen LogP contribution in [0.25, 0.3) is 0 Å². The molecule has 34 heavy (non-hydrogen) atoms. The van der Waals surface area contributed by atoms with E-state index in [-0.39, 0.29) is 17.0 Å². The normalized spacial score (nSPS) is 17.1. The maximum Gasteiger partial charge on any atom is 0.256 e. The third-order valence-electron chi connectivity index (χ3n) is 6.23. The Morgan fingerprint density at radius 3 is 2.50 bits per heavy atom. The molecule has 0 unspecified atom stereocenters. The fourth-order valence-corrected chi connectivity index (χ4v) is 4.83. The summed E-state index contributed by atoms with van der Waals surface area (Å²) >= 11 is 0. The number of methoxy groups -OCH3 is 1. The number of hydrogen-bond donors (Lipinski definition) is 1. The molecule has 174 valence electrons. The van der Waals surface area contributed by atoms with Gasteiger partial charge in [0.1, 0.15) is 11.4 Å². The number of ether oxygens (including phenoxy) is 2. The standard InChI is InChI=1S/C28H29N3O3/c1-27(2)15-19-14-21(33-5)25-20(16-28(3,4)34-25)23(19)24(31-27)17-9-11-18(12-10-17)26(32)30-22-8-6-7-13-29-22/h6-14H,15-16H2,1-5H3,(H,29,30,32). The fourth-order valence-electron chi connectivity index (χ4n) is 4.83. The van der Waals surface area contributed by atoms with Gasteiger partial charge in [0.05, 0.1) is 18.4 Å². The number of benzene rings is 2. The first kappa shape index (κ1) is 22.1. The minimum absolute atomic E-state index is 0.197. The lowest BCUT2D eigenvalue weighted by atomic mass is 9.81. The molecule has 0 fully saturated rings. The van der Waals surface area contributed by atoms with Crippen LogP contribution in [0.2, 0.25) is 0 Å². The highest BCUT2D eigenvalue weighted by Crippen LogP contribution is 2.47. The average Bonchev–Trinajstić information content (AvgIpc) is 3.12. The molecule has 2 aliphatic heterocycles. The molecule has 3 aromatic rings. The SMILES string of the molecule is COc1cc2c(c3c1OC(C)(C)C3)C(c1ccc(C(=O)Nc3ccccn3)cc1)=NC(C)(C)C2. The molecule has 2 aromatic carbocycles. The summed E-state index contributed by atoms with van der Waals surface area (Å²) in [6.07, 6.45) is 3.25. The van der Waals surface area contributed by atoms with Gasteiger partial charge < -0.3 is 14.8 Å². The van der Waals surface area contributed by atoms with Gasteiger partial charge in [-0.15, -0.1) is 0 Å². The molecule has 0 saturated carbocycles. The van der Waals surface area contributed by atoms with Crippen LogP contribution >= 0.6 is 0 Å². The highest BCUT2D eigenvalue weighted by molar-refractivity contribution is 6.16. The largest absolute Gasteiger partial charge is 0.493 e. The van der Waals surface area contributed by atoms with E-state index < -0.39 is 0 Å². The van der Waals surface area contributed by atoms with Crippen LogP contribution in [0.1, 0.15) is 60.3 Å². The van der Waals surface area contributed by atoms with E-state index in [1.807, 2.05) is 36.4 Å². The highest BCUT2D eigenvalue weighted by atomic mass is 16.5. The summed E-state index contributed by atoms with van der Waals surface area (Å²) in [4.78, 5) is 22.0. The molecular formula is C28H29N3O3. The van der Waals surface area contributed by atoms with Crippen LogP contribution in [0.5, 0.6) is 11.5 Å². The number of pyridine rings is 1. The molecule has 0 spiro atoms. The maximum absolute atomic E-state index is 12.7. The Bertz CT molecular complexity index is 1290. The first-order valence-corrected chi connectivity index (χ1v) is 11.5. The Hall–Kier alpha value is -3.67. The summed E-state index contributed by atoms with van der Waals surface area (Å²) in [5.74, 6) is 1.91. The van der Waals surface area contributed by atoms with E-state index in [4.69, 9.17) is 14.5 Å². The van der Waals surface area contributed by atoms with Crippen molar-refractivity contribution in [3.8, 4) is 11.5 Å². The lowest BCUT2D eigenvalue weighted by Gasteiger charge is -2.31. The maximum atomic E-state index is 12.7. The van der Waals surface area contributed by atoms with Crippen LogP contribution in [0, 0.1) is 0 Å². The third kappa shape index (κ3) is 4.04. The molecule has 0 atom stereocenters. The predicted molar refractivity (Wildman–Crippen MR) is 133 cm³/mol. The second kappa shape index (κ2) is 7.97. The van der Waals surface area contributed by atoms with Crippen LogP contribution in [0.4, 0.5) is 5.82 Å². The van der Waals surface area contributed by atoms with E-state index in [0.717, 1.165) is 46.7 Å². The van der Waals surface area contributed by atoms with E-state index in [0.29, 0.717) is 11.4 Å². The van der Waals surface area contributed by atoms with Crippen molar-refractivity contribution in [2.45, 2.75) is 51.7 Å². The van der Waals surface area contributed by atoms with Gasteiger partial charge in [-0.1, -0.05) is 18.2 Å². The highest BCUT2D eigenvalue weighted by Gasteiger charge is 2.39. The van der Waals surface area contributed by atoms with Gasteiger partial charge in [0.25, 0.3) is 5.91 Å². The predicted octanol–water partition coefficient (Wildman–Crippen LogP) is 5.23. The molecule has 2 aliphatic rings. The second-order valence-electron chi connectivity index (χ2n) is 10.2. The molecule has 6 heteroatoms. The van der Waals surface area contributed by atoms with Crippen molar-refractivity contribution in [1.29, 1.82) is 0 Å². The number of rotatable bonds is 4. The monoisotopic (exact) mass is 455 g/mol. The van der Waals surface area contributed by atoms with Crippen LogP contribution in [-0.2, 0) is 12.8 Å². The van der Waals surface area contributed by atoms with E-state index in [1.54, 1.807) is 19.4 Å². The number of carbonyl (C=O) groups is 1. The summed E-state index contributed by atoms with van der Waals surface area (Å²) in [5, 5.41) is 2.83. The van der Waals surface area contributed by atoms with E-state index in [2.05, 4.69) is 44.1 Å². The van der Waals surface area contributed by atoms with Crippen molar-refractivity contribution in [2.75, 3.05) is 12.4 Å². The number of nitrogens with zero attached hydrogens (tertiary/aromatic N) is 2. The fraction of sp³-hybridized carbons (Fsp3) is 0.321. The van der Waals surface area contributed by atoms with E-state index in [9.17, 15) is 4.79 Å². The van der Waals surface area contributed by atoms with Crippen molar-refractivity contribution in [3.63, 3.8) is 0 Å². The van der Waals surface area contributed by atoms with E-state index in [1.165, 1.54) is 5.56 Å². The Morgan fingerprint density at radius 2 is 1.82 bits per heavy atom. The number of fused-ring (bicyclic) bond motifs is 3. The smallest absolute Gasteiger partial charge is 0.256 e. The minimum Gasteiger partial charge on any atom is -0.493 e. The average molecular weight is 456 g/mol. The van der Waals surface area contributed by atoms with Crippen LogP contribution in [-0.4, -0.2) is 34.9 Å². The molecule has 0 radical (unpaired) electrons. The van der Waals surface area contributed by atoms with Gasteiger partial charge >= 0.3 is 0 Å². The number of aliphatic imine (C=N–C) groups is 1. The summed E-state index contributed by atoms with van der Waals surface area (Å²) in [6.45, 7) is 8.48. The molecule has 0 aliphatic carbocycles.